The molecule has 4 rings (SSSR count). The van der Waals surface area contributed by atoms with Crippen LogP contribution in [0.25, 0.3) is 22.3 Å². The number of phenols is 1. The molecular formula is C22H18N2O4. The summed E-state index contributed by atoms with van der Waals surface area (Å²) in [7, 11) is 3.11. The van der Waals surface area contributed by atoms with Gasteiger partial charge in [-0.05, 0) is 48.5 Å². The van der Waals surface area contributed by atoms with E-state index >= 15 is 0 Å². The summed E-state index contributed by atoms with van der Waals surface area (Å²) < 4.78 is 16.4. The summed E-state index contributed by atoms with van der Waals surface area (Å²) in [5, 5.41) is 11.3. The van der Waals surface area contributed by atoms with Gasteiger partial charge in [0.05, 0.1) is 30.7 Å². The number of fused-ring (bicyclic) bond motifs is 1. The van der Waals surface area contributed by atoms with Gasteiger partial charge in [-0.15, -0.1) is 0 Å². The van der Waals surface area contributed by atoms with Gasteiger partial charge in [0.25, 0.3) is 0 Å². The summed E-state index contributed by atoms with van der Waals surface area (Å²) in [6.45, 7) is 0. The van der Waals surface area contributed by atoms with E-state index in [-0.39, 0.29) is 5.75 Å². The van der Waals surface area contributed by atoms with Crippen molar-refractivity contribution in [3.05, 3.63) is 66.7 Å². The molecule has 0 saturated carbocycles. The third-order valence-corrected chi connectivity index (χ3v) is 4.30. The molecular weight excluding hydrogens is 356 g/mol. The molecule has 0 unspecified atom stereocenters. The van der Waals surface area contributed by atoms with E-state index in [4.69, 9.17) is 14.2 Å². The highest BCUT2D eigenvalue weighted by Gasteiger charge is 2.16. The number of ether oxygens (including phenoxy) is 3. The van der Waals surface area contributed by atoms with Crippen molar-refractivity contribution in [1.29, 1.82) is 0 Å². The zero-order valence-electron chi connectivity index (χ0n) is 15.4. The third kappa shape index (κ3) is 3.27. The van der Waals surface area contributed by atoms with Crippen LogP contribution >= 0.6 is 0 Å². The summed E-state index contributed by atoms with van der Waals surface area (Å²) in [5.74, 6) is 2.43. The molecule has 1 N–H and O–H groups in total. The number of aromatic hydroxyl groups is 1. The van der Waals surface area contributed by atoms with Crippen LogP contribution in [0.5, 0.6) is 28.9 Å². The average molecular weight is 374 g/mol. The predicted molar refractivity (Wildman–Crippen MR) is 106 cm³/mol. The first-order chi connectivity index (χ1) is 13.7. The second-order valence-electron chi connectivity index (χ2n) is 6.00. The van der Waals surface area contributed by atoms with E-state index in [9.17, 15) is 5.11 Å². The van der Waals surface area contributed by atoms with Gasteiger partial charge in [0.15, 0.2) is 17.3 Å². The number of phenolic OH excluding ortho intramolecular Hbond substituents is 1. The van der Waals surface area contributed by atoms with E-state index in [1.165, 1.54) is 7.11 Å². The number of para-hydroxylation sites is 2. The van der Waals surface area contributed by atoms with E-state index in [0.717, 1.165) is 11.1 Å². The molecule has 1 heterocycles. The quantitative estimate of drug-likeness (QED) is 0.540. The summed E-state index contributed by atoms with van der Waals surface area (Å²) in [6.07, 6.45) is 0. The maximum atomic E-state index is 10.5. The smallest absolute Gasteiger partial charge is 0.230 e. The van der Waals surface area contributed by atoms with E-state index in [1.54, 1.807) is 37.4 Å². The van der Waals surface area contributed by atoms with Crippen molar-refractivity contribution in [2.24, 2.45) is 0 Å². The van der Waals surface area contributed by atoms with Crippen molar-refractivity contribution in [3.8, 4) is 40.3 Å². The maximum Gasteiger partial charge on any atom is 0.230 e. The van der Waals surface area contributed by atoms with E-state index in [2.05, 4.69) is 9.97 Å². The summed E-state index contributed by atoms with van der Waals surface area (Å²) in [6, 6.07) is 20.0. The first-order valence-electron chi connectivity index (χ1n) is 8.64. The second-order valence-corrected chi connectivity index (χ2v) is 6.00. The highest BCUT2D eigenvalue weighted by molar-refractivity contribution is 5.86. The Labute approximate surface area is 162 Å². The number of benzene rings is 3. The molecule has 0 atom stereocenters. The van der Waals surface area contributed by atoms with Gasteiger partial charge in [-0.1, -0.05) is 18.2 Å². The van der Waals surface area contributed by atoms with Gasteiger partial charge in [-0.25, -0.2) is 4.98 Å². The Hall–Kier alpha value is -3.80. The van der Waals surface area contributed by atoms with Crippen LogP contribution in [-0.4, -0.2) is 29.3 Å². The SMILES string of the molecule is COc1ccc(Oc2nc(-c3cccc(OC)c3O)nc3ccccc23)cc1. The van der Waals surface area contributed by atoms with Crippen LogP contribution in [0, 0.1) is 0 Å². The van der Waals surface area contributed by atoms with Gasteiger partial charge in [-0.2, -0.15) is 4.98 Å². The van der Waals surface area contributed by atoms with Crippen molar-refractivity contribution < 1.29 is 19.3 Å². The molecule has 0 spiro atoms. The lowest BCUT2D eigenvalue weighted by molar-refractivity contribution is 0.374. The second kappa shape index (κ2) is 7.44. The van der Waals surface area contributed by atoms with Gasteiger partial charge < -0.3 is 19.3 Å². The van der Waals surface area contributed by atoms with Crippen molar-refractivity contribution in [2.75, 3.05) is 14.2 Å². The molecule has 0 saturated heterocycles. The molecule has 0 aliphatic rings. The lowest BCUT2D eigenvalue weighted by Crippen LogP contribution is -1.97. The van der Waals surface area contributed by atoms with Gasteiger partial charge in [-0.3, -0.25) is 0 Å². The van der Waals surface area contributed by atoms with Gasteiger partial charge in [0.1, 0.15) is 11.5 Å². The Bertz CT molecular complexity index is 1130. The molecule has 0 bridgehead atoms. The fourth-order valence-electron chi connectivity index (χ4n) is 2.87. The molecule has 0 aliphatic carbocycles. The summed E-state index contributed by atoms with van der Waals surface area (Å²) >= 11 is 0. The molecule has 4 aromatic rings. The minimum atomic E-state index is -0.0179. The molecule has 0 amide bonds. The molecule has 3 aromatic carbocycles. The van der Waals surface area contributed by atoms with Crippen LogP contribution < -0.4 is 14.2 Å². The Morgan fingerprint density at radius 3 is 2.25 bits per heavy atom. The van der Waals surface area contributed by atoms with Crippen LogP contribution in [0.2, 0.25) is 0 Å². The van der Waals surface area contributed by atoms with Crippen molar-refractivity contribution in [2.45, 2.75) is 0 Å². The predicted octanol–water partition coefficient (Wildman–Crippen LogP) is 4.81. The van der Waals surface area contributed by atoms with Crippen molar-refractivity contribution in [3.63, 3.8) is 0 Å². The van der Waals surface area contributed by atoms with Gasteiger partial charge in [0.2, 0.25) is 5.88 Å². The average Bonchev–Trinajstić information content (AvgIpc) is 2.74. The number of rotatable bonds is 5. The van der Waals surface area contributed by atoms with Crippen LogP contribution in [0.15, 0.2) is 66.7 Å². The fraction of sp³-hybridized carbons (Fsp3) is 0.0909. The van der Waals surface area contributed by atoms with Crippen molar-refractivity contribution >= 4 is 10.9 Å². The molecule has 0 aliphatic heterocycles. The topological polar surface area (TPSA) is 73.7 Å². The van der Waals surface area contributed by atoms with E-state index in [1.807, 2.05) is 36.4 Å². The normalized spacial score (nSPS) is 10.6. The van der Waals surface area contributed by atoms with Crippen LogP contribution in [0.4, 0.5) is 0 Å². The molecule has 140 valence electrons. The maximum absolute atomic E-state index is 10.5. The highest BCUT2D eigenvalue weighted by atomic mass is 16.5. The van der Waals surface area contributed by atoms with Gasteiger partial charge >= 0.3 is 0 Å². The Morgan fingerprint density at radius 1 is 0.750 bits per heavy atom. The van der Waals surface area contributed by atoms with Crippen molar-refractivity contribution in [1.82, 2.24) is 9.97 Å². The number of hydrogen-bond donors (Lipinski definition) is 1. The van der Waals surface area contributed by atoms with Crippen LogP contribution in [-0.2, 0) is 0 Å². The largest absolute Gasteiger partial charge is 0.504 e. The Morgan fingerprint density at radius 2 is 1.50 bits per heavy atom. The Balaban J connectivity index is 1.83. The lowest BCUT2D eigenvalue weighted by atomic mass is 10.1. The molecule has 6 nitrogen and oxygen atoms in total. The third-order valence-electron chi connectivity index (χ3n) is 4.30. The zero-order valence-corrected chi connectivity index (χ0v) is 15.4. The molecule has 28 heavy (non-hydrogen) atoms. The lowest BCUT2D eigenvalue weighted by Gasteiger charge is -2.12. The minimum absolute atomic E-state index is 0.0179. The summed E-state index contributed by atoms with van der Waals surface area (Å²) in [5.41, 5.74) is 1.17. The standard InChI is InChI=1S/C22H18N2O4/c1-26-14-10-12-15(13-11-14)28-22-16-6-3-4-8-18(16)23-21(24-22)17-7-5-9-19(27-2)20(17)25/h3-13,25H,1-2H3. The molecule has 1 aromatic heterocycles. The highest BCUT2D eigenvalue weighted by Crippen LogP contribution is 2.37. The van der Waals surface area contributed by atoms with Gasteiger partial charge in [0, 0.05) is 0 Å². The minimum Gasteiger partial charge on any atom is -0.504 e. The number of nitrogens with zero attached hydrogens (tertiary/aromatic N) is 2. The monoisotopic (exact) mass is 374 g/mol. The first-order valence-corrected chi connectivity index (χ1v) is 8.64. The molecule has 0 radical (unpaired) electrons. The number of hydrogen-bond acceptors (Lipinski definition) is 6. The number of aromatic nitrogens is 2. The van der Waals surface area contributed by atoms with Crippen LogP contribution in [0.3, 0.4) is 0 Å². The first kappa shape index (κ1) is 17.6. The van der Waals surface area contributed by atoms with E-state index in [0.29, 0.717) is 34.3 Å². The zero-order chi connectivity index (χ0) is 19.5. The molecule has 0 fully saturated rings. The summed E-state index contributed by atoms with van der Waals surface area (Å²) in [4.78, 5) is 9.15. The number of methoxy groups -OCH3 is 2. The molecule has 6 heteroatoms. The Kier molecular flexibility index (Phi) is 4.68. The van der Waals surface area contributed by atoms with Crippen LogP contribution in [0.1, 0.15) is 0 Å². The van der Waals surface area contributed by atoms with E-state index < -0.39 is 0 Å². The fourth-order valence-corrected chi connectivity index (χ4v) is 2.87.